The van der Waals surface area contributed by atoms with Gasteiger partial charge >= 0.3 is 0 Å². The number of carbonyl (C=O) groups is 1. The first-order valence-corrected chi connectivity index (χ1v) is 9.63. The Hall–Kier alpha value is -2.52. The highest BCUT2D eigenvalue weighted by Gasteiger charge is 2.24. The lowest BCUT2D eigenvalue weighted by Crippen LogP contribution is -2.51. The number of hydrogen-bond donors (Lipinski definition) is 1. The summed E-state index contributed by atoms with van der Waals surface area (Å²) in [6.07, 6.45) is 1.71. The molecule has 1 N–H and O–H groups in total. The molecule has 0 saturated carbocycles. The Morgan fingerprint density at radius 2 is 1.77 bits per heavy atom. The molecule has 7 nitrogen and oxygen atoms in total. The van der Waals surface area contributed by atoms with Gasteiger partial charge < -0.3 is 9.80 Å². The highest BCUT2D eigenvalue weighted by atomic mass is 32.2. The number of pyridine rings is 1. The van der Waals surface area contributed by atoms with Gasteiger partial charge in [0.1, 0.15) is 16.5 Å². The first-order chi connectivity index (χ1) is 12.5. The van der Waals surface area contributed by atoms with Gasteiger partial charge in [-0.2, -0.15) is 0 Å². The summed E-state index contributed by atoms with van der Waals surface area (Å²) < 4.78 is 40.1. The van der Waals surface area contributed by atoms with Crippen LogP contribution in [0.1, 0.15) is 0 Å². The fourth-order valence-electron chi connectivity index (χ4n) is 2.73. The van der Waals surface area contributed by atoms with Gasteiger partial charge in [-0.05, 0) is 24.3 Å². The second-order valence-electron chi connectivity index (χ2n) is 5.81. The van der Waals surface area contributed by atoms with Crippen LogP contribution in [0.25, 0.3) is 0 Å². The van der Waals surface area contributed by atoms with Gasteiger partial charge in [0.25, 0.3) is 0 Å². The van der Waals surface area contributed by atoms with Crippen LogP contribution in [0.2, 0.25) is 0 Å². The van der Waals surface area contributed by atoms with Crippen LogP contribution in [0.3, 0.4) is 0 Å². The number of nitrogens with one attached hydrogen (secondary N) is 1. The smallest absolute Gasteiger partial charge is 0.243 e. The maximum absolute atomic E-state index is 13.6. The van der Waals surface area contributed by atoms with E-state index in [2.05, 4.69) is 14.6 Å². The Balaban J connectivity index is 1.54. The molecule has 0 spiro atoms. The molecule has 138 valence electrons. The van der Waals surface area contributed by atoms with E-state index in [0.717, 1.165) is 18.0 Å². The molecule has 0 atom stereocenters. The van der Waals surface area contributed by atoms with E-state index in [4.69, 9.17) is 0 Å². The van der Waals surface area contributed by atoms with Gasteiger partial charge in [-0.3, -0.25) is 4.79 Å². The molecule has 9 heteroatoms. The fourth-order valence-corrected chi connectivity index (χ4v) is 3.79. The first-order valence-electron chi connectivity index (χ1n) is 8.15. The van der Waals surface area contributed by atoms with Crippen molar-refractivity contribution in [2.24, 2.45) is 0 Å². The number of benzene rings is 1. The van der Waals surface area contributed by atoms with Gasteiger partial charge in [0.05, 0.1) is 6.54 Å². The maximum Gasteiger partial charge on any atom is 0.243 e. The predicted molar refractivity (Wildman–Crippen MR) is 94.6 cm³/mol. The van der Waals surface area contributed by atoms with E-state index < -0.39 is 27.3 Å². The number of rotatable bonds is 5. The molecule has 1 amide bonds. The minimum Gasteiger partial charge on any atom is -0.353 e. The van der Waals surface area contributed by atoms with E-state index in [1.165, 1.54) is 12.1 Å². The van der Waals surface area contributed by atoms with E-state index in [1.807, 2.05) is 18.2 Å². The Morgan fingerprint density at radius 3 is 2.42 bits per heavy atom. The van der Waals surface area contributed by atoms with Crippen molar-refractivity contribution in [3.05, 3.63) is 54.5 Å². The second-order valence-corrected chi connectivity index (χ2v) is 7.55. The van der Waals surface area contributed by atoms with Crippen LogP contribution in [0.5, 0.6) is 0 Å². The lowest BCUT2D eigenvalue weighted by atomic mass is 10.3. The van der Waals surface area contributed by atoms with Gasteiger partial charge in [0.15, 0.2) is 0 Å². The summed E-state index contributed by atoms with van der Waals surface area (Å²) in [5.41, 5.74) is 0. The van der Waals surface area contributed by atoms with Gasteiger partial charge in [-0.25, -0.2) is 22.5 Å². The molecule has 0 bridgehead atoms. The molecule has 0 aliphatic carbocycles. The van der Waals surface area contributed by atoms with E-state index in [0.29, 0.717) is 26.2 Å². The lowest BCUT2D eigenvalue weighted by Gasteiger charge is -2.35. The number of piperazine rings is 1. The van der Waals surface area contributed by atoms with Crippen molar-refractivity contribution in [3.8, 4) is 0 Å². The van der Waals surface area contributed by atoms with Gasteiger partial charge in [-0.15, -0.1) is 0 Å². The summed E-state index contributed by atoms with van der Waals surface area (Å²) in [6.45, 7) is 1.76. The fraction of sp³-hybridized carbons (Fsp3) is 0.294. The zero-order chi connectivity index (χ0) is 18.6. The molecule has 3 rings (SSSR count). The topological polar surface area (TPSA) is 82.6 Å². The van der Waals surface area contributed by atoms with Gasteiger partial charge in [-0.1, -0.05) is 18.2 Å². The third-order valence-corrected chi connectivity index (χ3v) is 5.58. The Kier molecular flexibility index (Phi) is 5.48. The number of sulfonamides is 1. The van der Waals surface area contributed by atoms with Crippen molar-refractivity contribution >= 4 is 21.7 Å². The standard InChI is InChI=1S/C17H19FN4O3S/c18-14-5-1-2-6-15(14)26(24,25)20-13-17(23)22-11-9-21(10-12-22)16-7-3-4-8-19-16/h1-8,20H,9-13H2. The molecular weight excluding hydrogens is 359 g/mol. The van der Waals surface area contributed by atoms with Crippen LogP contribution in [0.15, 0.2) is 53.6 Å². The SMILES string of the molecule is O=C(CNS(=O)(=O)c1ccccc1F)N1CCN(c2ccccn2)CC1. The van der Waals surface area contributed by atoms with E-state index in [-0.39, 0.29) is 5.91 Å². The molecular formula is C17H19FN4O3S. The average Bonchev–Trinajstić information content (AvgIpc) is 2.67. The summed E-state index contributed by atoms with van der Waals surface area (Å²) in [4.78, 5) is 19.7. The molecule has 0 radical (unpaired) electrons. The highest BCUT2D eigenvalue weighted by molar-refractivity contribution is 7.89. The number of halogens is 1. The number of aromatic nitrogens is 1. The molecule has 1 aliphatic heterocycles. The van der Waals surface area contributed by atoms with Crippen LogP contribution >= 0.6 is 0 Å². The number of nitrogens with zero attached hydrogens (tertiary/aromatic N) is 3. The van der Waals surface area contributed by atoms with E-state index >= 15 is 0 Å². The average molecular weight is 378 g/mol. The second kappa shape index (κ2) is 7.79. The largest absolute Gasteiger partial charge is 0.353 e. The zero-order valence-electron chi connectivity index (χ0n) is 14.0. The molecule has 1 saturated heterocycles. The first kappa shape index (κ1) is 18.3. The summed E-state index contributed by atoms with van der Waals surface area (Å²) in [6, 6.07) is 10.7. The van der Waals surface area contributed by atoms with Crippen molar-refractivity contribution in [1.29, 1.82) is 0 Å². The van der Waals surface area contributed by atoms with E-state index in [9.17, 15) is 17.6 Å². The van der Waals surface area contributed by atoms with Crippen LogP contribution in [0.4, 0.5) is 10.2 Å². The Morgan fingerprint density at radius 1 is 1.08 bits per heavy atom. The van der Waals surface area contributed by atoms with Crippen LogP contribution in [-0.2, 0) is 14.8 Å². The minimum atomic E-state index is -4.07. The molecule has 1 fully saturated rings. The van der Waals surface area contributed by atoms with Crippen LogP contribution in [0, 0.1) is 5.82 Å². The Labute approximate surface area is 151 Å². The number of carbonyl (C=O) groups excluding carboxylic acids is 1. The molecule has 0 unspecified atom stereocenters. The number of anilines is 1. The molecule has 26 heavy (non-hydrogen) atoms. The molecule has 2 heterocycles. The lowest BCUT2D eigenvalue weighted by molar-refractivity contribution is -0.130. The number of amides is 1. The molecule has 1 aromatic heterocycles. The third-order valence-electron chi connectivity index (χ3n) is 4.15. The normalized spacial score (nSPS) is 15.1. The molecule has 1 aromatic carbocycles. The zero-order valence-corrected chi connectivity index (χ0v) is 14.8. The van der Waals surface area contributed by atoms with Gasteiger partial charge in [0.2, 0.25) is 15.9 Å². The molecule has 2 aromatic rings. The molecule has 1 aliphatic rings. The Bertz CT molecular complexity index is 869. The van der Waals surface area contributed by atoms with Crippen molar-refractivity contribution < 1.29 is 17.6 Å². The number of hydrogen-bond acceptors (Lipinski definition) is 5. The van der Waals surface area contributed by atoms with Crippen LogP contribution < -0.4 is 9.62 Å². The summed E-state index contributed by atoms with van der Waals surface area (Å²) in [5, 5.41) is 0. The third kappa shape index (κ3) is 4.17. The summed E-state index contributed by atoms with van der Waals surface area (Å²) in [7, 11) is -4.07. The van der Waals surface area contributed by atoms with Crippen molar-refractivity contribution in [2.75, 3.05) is 37.6 Å². The minimum absolute atomic E-state index is 0.342. The van der Waals surface area contributed by atoms with Gasteiger partial charge in [0, 0.05) is 32.4 Å². The van der Waals surface area contributed by atoms with Crippen LogP contribution in [-0.4, -0.2) is 56.9 Å². The maximum atomic E-state index is 13.6. The van der Waals surface area contributed by atoms with Crippen molar-refractivity contribution in [3.63, 3.8) is 0 Å². The van der Waals surface area contributed by atoms with E-state index in [1.54, 1.807) is 11.1 Å². The summed E-state index contributed by atoms with van der Waals surface area (Å²) >= 11 is 0. The van der Waals surface area contributed by atoms with Crippen molar-refractivity contribution in [2.45, 2.75) is 4.90 Å². The summed E-state index contributed by atoms with van der Waals surface area (Å²) in [5.74, 6) is -0.345. The quantitative estimate of drug-likeness (QED) is 0.834. The predicted octanol–water partition coefficient (Wildman–Crippen LogP) is 0.848. The highest BCUT2D eigenvalue weighted by Crippen LogP contribution is 2.14. The monoisotopic (exact) mass is 378 g/mol. The van der Waals surface area contributed by atoms with Crippen molar-refractivity contribution in [1.82, 2.24) is 14.6 Å².